The van der Waals surface area contributed by atoms with Crippen molar-refractivity contribution in [2.24, 2.45) is 23.7 Å². The number of carboxylic acid groups (broad SMARTS) is 1. The molecule has 1 fully saturated rings. The number of benzene rings is 1. The largest absolute Gasteiger partial charge is 0.495 e. The third-order valence-electron chi connectivity index (χ3n) is 4.47. The molecule has 2 aliphatic carbocycles. The van der Waals surface area contributed by atoms with Crippen molar-refractivity contribution >= 4 is 29.2 Å². The molecule has 22 heavy (non-hydrogen) atoms. The van der Waals surface area contributed by atoms with E-state index in [1.807, 2.05) is 12.2 Å². The van der Waals surface area contributed by atoms with Gasteiger partial charge in [-0.1, -0.05) is 23.8 Å². The van der Waals surface area contributed by atoms with E-state index in [0.29, 0.717) is 16.5 Å². The zero-order chi connectivity index (χ0) is 15.9. The fourth-order valence-corrected chi connectivity index (χ4v) is 3.74. The van der Waals surface area contributed by atoms with Crippen LogP contribution in [0.3, 0.4) is 0 Å². The number of ether oxygens (including phenoxy) is 1. The number of aliphatic carboxylic acids is 1. The number of fused-ring (bicyclic) bond motifs is 2. The third kappa shape index (κ3) is 2.46. The first-order valence-corrected chi connectivity index (χ1v) is 7.44. The summed E-state index contributed by atoms with van der Waals surface area (Å²) in [4.78, 5) is 23.9. The van der Waals surface area contributed by atoms with Gasteiger partial charge in [0.15, 0.2) is 0 Å². The van der Waals surface area contributed by atoms with Crippen molar-refractivity contribution in [2.45, 2.75) is 6.42 Å². The molecular formula is C16H16ClNO4. The summed E-state index contributed by atoms with van der Waals surface area (Å²) in [7, 11) is 1.51. The molecule has 4 unspecified atom stereocenters. The van der Waals surface area contributed by atoms with E-state index in [-0.39, 0.29) is 17.7 Å². The molecule has 5 nitrogen and oxygen atoms in total. The second-order valence-electron chi connectivity index (χ2n) is 5.68. The standard InChI is InChI=1S/C16H16ClNO4/c1-22-12-5-4-10(7-11(12)17)18-15(19)13-8-2-3-9(6-8)14(13)16(20)21/h2-5,7-9,13-14H,6H2,1H3,(H,18,19)(H,20,21). The van der Waals surface area contributed by atoms with E-state index in [1.165, 1.54) is 7.11 Å². The predicted molar refractivity (Wildman–Crippen MR) is 82.0 cm³/mol. The molecule has 0 aromatic heterocycles. The Hall–Kier alpha value is -2.01. The quantitative estimate of drug-likeness (QED) is 0.836. The summed E-state index contributed by atoms with van der Waals surface area (Å²) in [5.74, 6) is -1.89. The Morgan fingerprint density at radius 3 is 2.55 bits per heavy atom. The summed E-state index contributed by atoms with van der Waals surface area (Å²) in [6.45, 7) is 0. The zero-order valence-electron chi connectivity index (χ0n) is 12.0. The monoisotopic (exact) mass is 321 g/mol. The van der Waals surface area contributed by atoms with Gasteiger partial charge < -0.3 is 15.2 Å². The van der Waals surface area contributed by atoms with E-state index in [2.05, 4.69) is 5.32 Å². The minimum atomic E-state index is -0.912. The highest BCUT2D eigenvalue weighted by Gasteiger charge is 2.51. The Morgan fingerprint density at radius 2 is 1.95 bits per heavy atom. The van der Waals surface area contributed by atoms with Gasteiger partial charge in [0, 0.05) is 5.69 Å². The smallest absolute Gasteiger partial charge is 0.307 e. The number of hydrogen-bond donors (Lipinski definition) is 2. The van der Waals surface area contributed by atoms with Crippen LogP contribution in [0.25, 0.3) is 0 Å². The van der Waals surface area contributed by atoms with Crippen molar-refractivity contribution in [2.75, 3.05) is 12.4 Å². The molecule has 1 amide bonds. The summed E-state index contributed by atoms with van der Waals surface area (Å²) < 4.78 is 5.06. The van der Waals surface area contributed by atoms with Crippen LogP contribution in [0.2, 0.25) is 5.02 Å². The number of amides is 1. The first kappa shape index (κ1) is 14.9. The summed E-state index contributed by atoms with van der Waals surface area (Å²) in [6, 6.07) is 4.94. The van der Waals surface area contributed by atoms with Gasteiger partial charge in [0.2, 0.25) is 5.91 Å². The Kier molecular flexibility index (Phi) is 3.83. The average Bonchev–Trinajstić information content (AvgIpc) is 3.07. The molecule has 0 radical (unpaired) electrons. The lowest BCUT2D eigenvalue weighted by molar-refractivity contribution is -0.146. The van der Waals surface area contributed by atoms with Crippen molar-refractivity contribution in [3.8, 4) is 5.75 Å². The highest BCUT2D eigenvalue weighted by Crippen LogP contribution is 2.48. The highest BCUT2D eigenvalue weighted by molar-refractivity contribution is 6.32. The molecular weight excluding hydrogens is 306 g/mol. The van der Waals surface area contributed by atoms with Gasteiger partial charge >= 0.3 is 5.97 Å². The maximum absolute atomic E-state index is 12.5. The fraction of sp³-hybridized carbons (Fsp3) is 0.375. The Balaban J connectivity index is 1.78. The SMILES string of the molecule is COc1ccc(NC(=O)C2C3C=CC(C3)C2C(=O)O)cc1Cl. The predicted octanol–water partition coefficient (Wildman–Crippen LogP) is 2.81. The molecule has 0 aliphatic heterocycles. The van der Waals surface area contributed by atoms with E-state index >= 15 is 0 Å². The summed E-state index contributed by atoms with van der Waals surface area (Å²) in [5, 5.41) is 12.5. The molecule has 116 valence electrons. The van der Waals surface area contributed by atoms with Crippen LogP contribution in [0.4, 0.5) is 5.69 Å². The van der Waals surface area contributed by atoms with E-state index in [1.54, 1.807) is 18.2 Å². The van der Waals surface area contributed by atoms with Crippen molar-refractivity contribution < 1.29 is 19.4 Å². The number of rotatable bonds is 4. The maximum Gasteiger partial charge on any atom is 0.307 e. The molecule has 0 spiro atoms. The number of halogens is 1. The lowest BCUT2D eigenvalue weighted by atomic mass is 9.82. The lowest BCUT2D eigenvalue weighted by Gasteiger charge is -2.24. The van der Waals surface area contributed by atoms with Gasteiger partial charge in [-0.15, -0.1) is 0 Å². The van der Waals surface area contributed by atoms with Crippen molar-refractivity contribution in [3.63, 3.8) is 0 Å². The van der Waals surface area contributed by atoms with Crippen LogP contribution in [-0.2, 0) is 9.59 Å². The summed E-state index contributed by atoms with van der Waals surface area (Å²) >= 11 is 6.03. The number of hydrogen-bond acceptors (Lipinski definition) is 3. The van der Waals surface area contributed by atoms with Gasteiger partial charge in [-0.3, -0.25) is 9.59 Å². The second-order valence-corrected chi connectivity index (χ2v) is 6.08. The van der Waals surface area contributed by atoms with Gasteiger partial charge in [-0.05, 0) is 36.5 Å². The molecule has 1 aromatic carbocycles. The summed E-state index contributed by atoms with van der Waals surface area (Å²) in [5.41, 5.74) is 0.534. The Morgan fingerprint density at radius 1 is 1.27 bits per heavy atom. The van der Waals surface area contributed by atoms with E-state index in [9.17, 15) is 14.7 Å². The fourth-order valence-electron chi connectivity index (χ4n) is 3.49. The number of nitrogens with one attached hydrogen (secondary N) is 1. The van der Waals surface area contributed by atoms with E-state index in [4.69, 9.17) is 16.3 Å². The van der Waals surface area contributed by atoms with Crippen LogP contribution in [0.5, 0.6) is 5.75 Å². The van der Waals surface area contributed by atoms with Crippen LogP contribution in [0.1, 0.15) is 6.42 Å². The van der Waals surface area contributed by atoms with Crippen LogP contribution < -0.4 is 10.1 Å². The third-order valence-corrected chi connectivity index (χ3v) is 4.76. The average molecular weight is 322 g/mol. The first-order chi connectivity index (χ1) is 10.5. The number of carbonyl (C=O) groups excluding carboxylic acids is 1. The van der Waals surface area contributed by atoms with Crippen molar-refractivity contribution in [1.82, 2.24) is 0 Å². The van der Waals surface area contributed by atoms with Crippen LogP contribution in [0.15, 0.2) is 30.4 Å². The number of allylic oxidation sites excluding steroid dienone is 2. The van der Waals surface area contributed by atoms with E-state index < -0.39 is 17.8 Å². The van der Waals surface area contributed by atoms with Gasteiger partial charge in [0.1, 0.15) is 5.75 Å². The second kappa shape index (κ2) is 5.65. The Labute approximate surface area is 132 Å². The topological polar surface area (TPSA) is 75.6 Å². The van der Waals surface area contributed by atoms with Crippen molar-refractivity contribution in [1.29, 1.82) is 0 Å². The minimum absolute atomic E-state index is 0.000166. The Bertz CT molecular complexity index is 658. The van der Waals surface area contributed by atoms with Crippen LogP contribution in [0, 0.1) is 23.7 Å². The maximum atomic E-state index is 12.5. The van der Waals surface area contributed by atoms with Crippen molar-refractivity contribution in [3.05, 3.63) is 35.4 Å². The molecule has 2 aliphatic rings. The molecule has 4 atom stereocenters. The molecule has 6 heteroatoms. The first-order valence-electron chi connectivity index (χ1n) is 7.07. The molecule has 3 rings (SSSR count). The number of carboxylic acids is 1. The normalized spacial score (nSPS) is 28.6. The number of anilines is 1. The molecule has 2 bridgehead atoms. The molecule has 2 N–H and O–H groups in total. The number of carbonyl (C=O) groups is 2. The molecule has 1 aromatic rings. The minimum Gasteiger partial charge on any atom is -0.495 e. The number of methoxy groups -OCH3 is 1. The van der Waals surface area contributed by atoms with Gasteiger partial charge in [-0.25, -0.2) is 0 Å². The molecule has 0 saturated heterocycles. The van der Waals surface area contributed by atoms with Gasteiger partial charge in [0.25, 0.3) is 0 Å². The molecule has 0 heterocycles. The molecule has 1 saturated carbocycles. The van der Waals surface area contributed by atoms with Crippen LogP contribution >= 0.6 is 11.6 Å². The van der Waals surface area contributed by atoms with E-state index in [0.717, 1.165) is 6.42 Å². The van der Waals surface area contributed by atoms with Gasteiger partial charge in [0.05, 0.1) is 24.0 Å². The zero-order valence-corrected chi connectivity index (χ0v) is 12.7. The lowest BCUT2D eigenvalue weighted by Crippen LogP contribution is -2.36. The van der Waals surface area contributed by atoms with Gasteiger partial charge in [-0.2, -0.15) is 0 Å². The summed E-state index contributed by atoms with van der Waals surface area (Å²) in [6.07, 6.45) is 4.60. The van der Waals surface area contributed by atoms with Crippen LogP contribution in [-0.4, -0.2) is 24.1 Å². The highest BCUT2D eigenvalue weighted by atomic mass is 35.5.